The van der Waals surface area contributed by atoms with E-state index in [0.29, 0.717) is 12.6 Å². The molecule has 2 unspecified atom stereocenters. The van der Waals surface area contributed by atoms with Crippen molar-refractivity contribution in [1.29, 1.82) is 0 Å². The third-order valence-electron chi connectivity index (χ3n) is 7.67. The van der Waals surface area contributed by atoms with E-state index in [1.807, 2.05) is 6.08 Å². The molecule has 1 saturated heterocycles. The van der Waals surface area contributed by atoms with E-state index < -0.39 is 0 Å². The zero-order valence-corrected chi connectivity index (χ0v) is 19.5. The van der Waals surface area contributed by atoms with Crippen molar-refractivity contribution < 1.29 is 9.53 Å². The van der Waals surface area contributed by atoms with E-state index in [2.05, 4.69) is 66.1 Å². The molecule has 172 valence electrons. The van der Waals surface area contributed by atoms with Crippen LogP contribution in [0.15, 0.2) is 72.8 Å². The number of unbranched alkanes of at least 4 members (excludes halogenated alkanes) is 3. The number of amides is 1. The maximum Gasteiger partial charge on any atom is 0.410 e. The lowest BCUT2D eigenvalue weighted by atomic mass is 9.84. The smallest absolute Gasteiger partial charge is 0.410 e. The fraction of sp³-hybridized carbons (Fsp3) is 0.433. The summed E-state index contributed by atoms with van der Waals surface area (Å²) in [6.45, 7) is 4.22. The van der Waals surface area contributed by atoms with Gasteiger partial charge in [0.05, 0.1) is 6.04 Å². The highest BCUT2D eigenvalue weighted by Gasteiger charge is 2.38. The van der Waals surface area contributed by atoms with Gasteiger partial charge in [0, 0.05) is 12.0 Å². The molecule has 1 amide bonds. The summed E-state index contributed by atoms with van der Waals surface area (Å²) in [7, 11) is 0. The monoisotopic (exact) mass is 441 g/mol. The van der Waals surface area contributed by atoms with Crippen molar-refractivity contribution in [2.24, 2.45) is 0 Å². The molecular weight excluding hydrogens is 406 g/mol. The van der Waals surface area contributed by atoms with Gasteiger partial charge in [-0.1, -0.05) is 72.7 Å². The van der Waals surface area contributed by atoms with Gasteiger partial charge in [-0.05, 0) is 73.6 Å². The Hall–Kier alpha value is -2.81. The van der Waals surface area contributed by atoms with Crippen LogP contribution in [0.25, 0.3) is 11.1 Å². The molecule has 2 bridgehead atoms. The van der Waals surface area contributed by atoms with Gasteiger partial charge >= 0.3 is 6.09 Å². The molecule has 3 aliphatic rings. The molecule has 0 aromatic heterocycles. The summed E-state index contributed by atoms with van der Waals surface area (Å²) in [4.78, 5) is 15.3. The fourth-order valence-corrected chi connectivity index (χ4v) is 6.07. The van der Waals surface area contributed by atoms with Crippen molar-refractivity contribution in [1.82, 2.24) is 4.90 Å². The van der Waals surface area contributed by atoms with Gasteiger partial charge in [0.15, 0.2) is 0 Å². The number of hydrogen-bond acceptors (Lipinski definition) is 2. The Morgan fingerprint density at radius 2 is 1.73 bits per heavy atom. The summed E-state index contributed by atoms with van der Waals surface area (Å²) in [5, 5.41) is 0. The molecule has 1 fully saturated rings. The summed E-state index contributed by atoms with van der Waals surface area (Å²) in [5.74, 6) is 0.118. The Bertz CT molecular complexity index is 994. The summed E-state index contributed by atoms with van der Waals surface area (Å²) in [6.07, 6.45) is 14.6. The topological polar surface area (TPSA) is 29.5 Å². The summed E-state index contributed by atoms with van der Waals surface area (Å²) < 4.78 is 6.02. The molecule has 2 aliphatic heterocycles. The van der Waals surface area contributed by atoms with Gasteiger partial charge in [-0.25, -0.2) is 4.79 Å². The molecule has 33 heavy (non-hydrogen) atoms. The molecule has 2 heterocycles. The second kappa shape index (κ2) is 9.99. The van der Waals surface area contributed by atoms with E-state index in [0.717, 1.165) is 25.7 Å². The molecule has 0 saturated carbocycles. The molecule has 2 aromatic rings. The van der Waals surface area contributed by atoms with E-state index in [4.69, 9.17) is 4.74 Å². The number of hydrogen-bond donors (Lipinski definition) is 0. The molecule has 2 aromatic carbocycles. The molecular formula is C30H35NO2. The number of allylic oxidation sites excluding steroid dienone is 1. The van der Waals surface area contributed by atoms with Crippen LogP contribution in [0.1, 0.15) is 74.8 Å². The van der Waals surface area contributed by atoms with Gasteiger partial charge < -0.3 is 4.74 Å². The highest BCUT2D eigenvalue weighted by molar-refractivity contribution is 5.79. The van der Waals surface area contributed by atoms with Gasteiger partial charge in [0.1, 0.15) is 6.61 Å². The number of rotatable bonds is 8. The van der Waals surface area contributed by atoms with Crippen LogP contribution in [0.4, 0.5) is 4.79 Å². The minimum absolute atomic E-state index is 0.118. The number of carbonyl (C=O) groups is 1. The number of nitrogens with zero attached hydrogens (tertiary/aromatic N) is 1. The fourth-order valence-electron chi connectivity index (χ4n) is 6.07. The number of carbonyl (C=O) groups excluding carboxylic acids is 1. The van der Waals surface area contributed by atoms with Crippen LogP contribution in [0.2, 0.25) is 0 Å². The molecule has 3 heteroatoms. The molecule has 3 nitrogen and oxygen atoms in total. The molecule has 0 spiro atoms. The van der Waals surface area contributed by atoms with E-state index in [9.17, 15) is 4.79 Å². The second-order valence-corrected chi connectivity index (χ2v) is 9.78. The molecule has 2 atom stereocenters. The molecule has 0 N–H and O–H groups in total. The maximum atomic E-state index is 13.3. The zero-order valence-electron chi connectivity index (χ0n) is 19.5. The maximum absolute atomic E-state index is 13.3. The first-order chi connectivity index (χ1) is 16.3. The minimum Gasteiger partial charge on any atom is -0.448 e. The van der Waals surface area contributed by atoms with Crippen LogP contribution >= 0.6 is 0 Å². The molecule has 5 rings (SSSR count). The van der Waals surface area contributed by atoms with Crippen molar-refractivity contribution in [2.75, 3.05) is 6.61 Å². The van der Waals surface area contributed by atoms with Crippen LogP contribution in [0, 0.1) is 0 Å². The molecule has 1 aliphatic carbocycles. The van der Waals surface area contributed by atoms with E-state index in [1.165, 1.54) is 54.4 Å². The first kappa shape index (κ1) is 22.0. The lowest BCUT2D eigenvalue weighted by Gasteiger charge is -2.44. The second-order valence-electron chi connectivity index (χ2n) is 9.78. The van der Waals surface area contributed by atoms with Gasteiger partial charge in [0.25, 0.3) is 0 Å². The first-order valence-corrected chi connectivity index (χ1v) is 12.7. The first-order valence-electron chi connectivity index (χ1n) is 12.7. The predicted octanol–water partition coefficient (Wildman–Crippen LogP) is 7.63. The Labute approximate surface area is 198 Å². The number of benzene rings is 2. The summed E-state index contributed by atoms with van der Waals surface area (Å²) >= 11 is 0. The number of piperidine rings is 1. The predicted molar refractivity (Wildman–Crippen MR) is 134 cm³/mol. The van der Waals surface area contributed by atoms with E-state index in [-0.39, 0.29) is 18.1 Å². The van der Waals surface area contributed by atoms with Crippen LogP contribution in [-0.4, -0.2) is 29.7 Å². The van der Waals surface area contributed by atoms with Crippen molar-refractivity contribution in [2.45, 2.75) is 75.8 Å². The largest absolute Gasteiger partial charge is 0.448 e. The van der Waals surface area contributed by atoms with Crippen molar-refractivity contribution >= 4 is 6.09 Å². The van der Waals surface area contributed by atoms with Crippen LogP contribution in [-0.2, 0) is 4.74 Å². The van der Waals surface area contributed by atoms with Crippen molar-refractivity contribution in [3.63, 3.8) is 0 Å². The van der Waals surface area contributed by atoms with E-state index in [1.54, 1.807) is 5.57 Å². The Balaban J connectivity index is 1.24. The van der Waals surface area contributed by atoms with Gasteiger partial charge in [-0.15, -0.1) is 6.58 Å². The third kappa shape index (κ3) is 4.51. The average molecular weight is 442 g/mol. The minimum atomic E-state index is -0.132. The average Bonchev–Trinajstić information content (AvgIpc) is 3.15. The van der Waals surface area contributed by atoms with Crippen LogP contribution < -0.4 is 0 Å². The van der Waals surface area contributed by atoms with Crippen molar-refractivity contribution in [3.05, 3.63) is 84.0 Å². The summed E-state index contributed by atoms with van der Waals surface area (Å²) in [5.41, 5.74) is 6.62. The van der Waals surface area contributed by atoms with Crippen LogP contribution in [0.3, 0.4) is 0 Å². The number of ether oxygens (including phenoxy) is 1. The Morgan fingerprint density at radius 1 is 1.00 bits per heavy atom. The number of fused-ring (bicyclic) bond motifs is 5. The van der Waals surface area contributed by atoms with Gasteiger partial charge in [-0.2, -0.15) is 0 Å². The normalized spacial score (nSPS) is 21.2. The molecule has 0 radical (unpaired) electrons. The third-order valence-corrected chi connectivity index (χ3v) is 7.67. The Kier molecular flexibility index (Phi) is 6.66. The highest BCUT2D eigenvalue weighted by Crippen LogP contribution is 2.45. The van der Waals surface area contributed by atoms with E-state index >= 15 is 0 Å². The Morgan fingerprint density at radius 3 is 2.42 bits per heavy atom. The standard InChI is InChI=1S/C30H35NO2/c1-2-3-4-5-6-12-22-19-23-13-11-14-24(20-22)31(23)30(32)33-21-29-27-17-9-7-15-25(27)26-16-8-10-18-28(26)29/h2,7-10,15-19,23-24,29H,1,3-6,11-14,20-21H2. The lowest BCUT2D eigenvalue weighted by Crippen LogP contribution is -2.52. The SMILES string of the molecule is C=CCCCCCC1=CC2CCCC(C1)N2C(=O)OCC1c2ccccc2-c2ccccc21. The summed E-state index contributed by atoms with van der Waals surface area (Å²) in [6, 6.07) is 17.5. The van der Waals surface area contributed by atoms with Gasteiger partial charge in [-0.3, -0.25) is 4.90 Å². The van der Waals surface area contributed by atoms with Crippen LogP contribution in [0.5, 0.6) is 0 Å². The lowest BCUT2D eigenvalue weighted by molar-refractivity contribution is 0.0507. The quantitative estimate of drug-likeness (QED) is 0.311. The van der Waals surface area contributed by atoms with Gasteiger partial charge in [0.2, 0.25) is 0 Å². The highest BCUT2D eigenvalue weighted by atomic mass is 16.6. The zero-order chi connectivity index (χ0) is 22.6. The van der Waals surface area contributed by atoms with Crippen molar-refractivity contribution in [3.8, 4) is 11.1 Å².